The fourth-order valence-corrected chi connectivity index (χ4v) is 2.50. The number of aryl methyl sites for hydroxylation is 1. The normalized spacial score (nSPS) is 10.9. The lowest BCUT2D eigenvalue weighted by Gasteiger charge is -2.07. The first-order chi connectivity index (χ1) is 7.00. The van der Waals surface area contributed by atoms with Gasteiger partial charge in [-0.2, -0.15) is 0 Å². The highest BCUT2D eigenvalue weighted by molar-refractivity contribution is 9.11. The molecule has 0 spiro atoms. The number of aromatic nitrogens is 1. The number of rotatable bonds is 0. The van der Waals surface area contributed by atoms with Crippen molar-refractivity contribution in [2.45, 2.75) is 13.8 Å². The summed E-state index contributed by atoms with van der Waals surface area (Å²) in [5.74, 6) is 0. The Bertz CT molecular complexity index is 602. The van der Waals surface area contributed by atoms with Crippen LogP contribution in [0.1, 0.15) is 11.1 Å². The fraction of sp³-hybridized carbons (Fsp3) is 0.182. The topological polar surface area (TPSA) is 32.9 Å². The van der Waals surface area contributed by atoms with Crippen LogP contribution in [0.5, 0.6) is 0 Å². The van der Waals surface area contributed by atoms with E-state index in [0.717, 1.165) is 20.9 Å². The van der Waals surface area contributed by atoms with Crippen LogP contribution in [0.4, 0.5) is 0 Å². The predicted octanol–water partition coefficient (Wildman–Crippen LogP) is 3.67. The Morgan fingerprint density at radius 3 is 2.53 bits per heavy atom. The molecule has 0 amide bonds. The molecule has 0 radical (unpaired) electrons. The zero-order chi connectivity index (χ0) is 11.2. The molecule has 0 bridgehead atoms. The molecule has 2 rings (SSSR count). The van der Waals surface area contributed by atoms with Gasteiger partial charge in [-0.15, -0.1) is 0 Å². The molecule has 1 heterocycles. The summed E-state index contributed by atoms with van der Waals surface area (Å²) in [6, 6.07) is 3.90. The van der Waals surface area contributed by atoms with Gasteiger partial charge in [0.05, 0.1) is 9.99 Å². The van der Waals surface area contributed by atoms with E-state index in [0.29, 0.717) is 4.47 Å². The minimum Gasteiger partial charge on any atom is -0.320 e. The first-order valence-electron chi connectivity index (χ1n) is 4.49. The molecule has 0 unspecified atom stereocenters. The van der Waals surface area contributed by atoms with Crippen molar-refractivity contribution in [3.63, 3.8) is 0 Å². The second kappa shape index (κ2) is 3.76. The Hall–Kier alpha value is -0.610. The molecule has 2 aromatic rings. The summed E-state index contributed by atoms with van der Waals surface area (Å²) in [7, 11) is 0. The average molecular weight is 331 g/mol. The molecule has 0 saturated carbocycles. The summed E-state index contributed by atoms with van der Waals surface area (Å²) in [5.41, 5.74) is 3.10. The SMILES string of the molecule is Cc1cc2cc(Br)c(=O)[nH]c2c(Br)c1C. The number of pyridine rings is 1. The molecule has 78 valence electrons. The minimum atomic E-state index is -0.105. The van der Waals surface area contributed by atoms with E-state index >= 15 is 0 Å². The number of fused-ring (bicyclic) bond motifs is 1. The van der Waals surface area contributed by atoms with Crippen molar-refractivity contribution in [1.82, 2.24) is 4.98 Å². The number of nitrogens with one attached hydrogen (secondary N) is 1. The van der Waals surface area contributed by atoms with E-state index in [9.17, 15) is 4.79 Å². The van der Waals surface area contributed by atoms with Crippen LogP contribution in [-0.2, 0) is 0 Å². The summed E-state index contributed by atoms with van der Waals surface area (Å²) in [5, 5.41) is 1.02. The van der Waals surface area contributed by atoms with Gasteiger partial charge in [-0.3, -0.25) is 4.79 Å². The number of hydrogen-bond acceptors (Lipinski definition) is 1. The Morgan fingerprint density at radius 1 is 1.20 bits per heavy atom. The van der Waals surface area contributed by atoms with Gasteiger partial charge in [0.25, 0.3) is 5.56 Å². The maximum atomic E-state index is 11.5. The molecule has 0 atom stereocenters. The van der Waals surface area contributed by atoms with E-state index in [2.05, 4.69) is 49.8 Å². The molecule has 2 nitrogen and oxygen atoms in total. The van der Waals surface area contributed by atoms with Crippen LogP contribution in [0.3, 0.4) is 0 Å². The Kier molecular flexibility index (Phi) is 2.73. The summed E-state index contributed by atoms with van der Waals surface area (Å²) in [4.78, 5) is 14.3. The van der Waals surface area contributed by atoms with Gasteiger partial charge in [-0.05, 0) is 69.0 Å². The molecule has 1 aromatic heterocycles. The van der Waals surface area contributed by atoms with Gasteiger partial charge in [0.15, 0.2) is 0 Å². The Labute approximate surface area is 104 Å². The first kappa shape index (κ1) is 10.9. The van der Waals surface area contributed by atoms with Crippen molar-refractivity contribution < 1.29 is 0 Å². The average Bonchev–Trinajstić information content (AvgIpc) is 2.19. The van der Waals surface area contributed by atoms with Crippen LogP contribution >= 0.6 is 31.9 Å². The van der Waals surface area contributed by atoms with Gasteiger partial charge in [0, 0.05) is 9.86 Å². The van der Waals surface area contributed by atoms with Crippen LogP contribution in [-0.4, -0.2) is 4.98 Å². The number of H-pyrrole nitrogens is 1. The van der Waals surface area contributed by atoms with Gasteiger partial charge in [0.1, 0.15) is 0 Å². The van der Waals surface area contributed by atoms with E-state index in [-0.39, 0.29) is 5.56 Å². The van der Waals surface area contributed by atoms with Crippen LogP contribution in [0.15, 0.2) is 25.9 Å². The largest absolute Gasteiger partial charge is 0.320 e. The lowest BCUT2D eigenvalue weighted by Crippen LogP contribution is -2.06. The molecule has 1 aromatic carbocycles. The molecule has 0 aliphatic heterocycles. The van der Waals surface area contributed by atoms with Gasteiger partial charge in [-0.25, -0.2) is 0 Å². The fourth-order valence-electron chi connectivity index (χ4n) is 1.52. The van der Waals surface area contributed by atoms with Crippen molar-refractivity contribution in [1.29, 1.82) is 0 Å². The lowest BCUT2D eigenvalue weighted by atomic mass is 10.1. The summed E-state index contributed by atoms with van der Waals surface area (Å²) in [6.07, 6.45) is 0. The summed E-state index contributed by atoms with van der Waals surface area (Å²) in [6.45, 7) is 4.08. The second-order valence-corrected chi connectivity index (χ2v) is 5.19. The van der Waals surface area contributed by atoms with Crippen molar-refractivity contribution in [3.05, 3.63) is 42.6 Å². The molecule has 15 heavy (non-hydrogen) atoms. The van der Waals surface area contributed by atoms with Crippen LogP contribution in [0, 0.1) is 13.8 Å². The van der Waals surface area contributed by atoms with Crippen molar-refractivity contribution in [3.8, 4) is 0 Å². The maximum Gasteiger partial charge on any atom is 0.262 e. The minimum absolute atomic E-state index is 0.105. The first-order valence-corrected chi connectivity index (χ1v) is 6.07. The van der Waals surface area contributed by atoms with E-state index in [1.54, 1.807) is 0 Å². The molecule has 0 saturated heterocycles. The molecule has 4 heteroatoms. The van der Waals surface area contributed by atoms with Gasteiger partial charge in [-0.1, -0.05) is 0 Å². The van der Waals surface area contributed by atoms with E-state index in [1.807, 2.05) is 13.0 Å². The number of halogens is 2. The molecular formula is C11H9Br2NO. The highest BCUT2D eigenvalue weighted by atomic mass is 79.9. The van der Waals surface area contributed by atoms with E-state index in [1.165, 1.54) is 5.56 Å². The third-order valence-electron chi connectivity index (χ3n) is 2.54. The third kappa shape index (κ3) is 1.76. The van der Waals surface area contributed by atoms with Crippen LogP contribution < -0.4 is 5.56 Å². The van der Waals surface area contributed by atoms with Gasteiger partial charge >= 0.3 is 0 Å². The highest BCUT2D eigenvalue weighted by Crippen LogP contribution is 2.28. The maximum absolute atomic E-state index is 11.5. The van der Waals surface area contributed by atoms with Crippen molar-refractivity contribution >= 4 is 42.8 Å². The van der Waals surface area contributed by atoms with Crippen molar-refractivity contribution in [2.24, 2.45) is 0 Å². The molecule has 0 fully saturated rings. The van der Waals surface area contributed by atoms with Crippen LogP contribution in [0.2, 0.25) is 0 Å². The monoisotopic (exact) mass is 329 g/mol. The van der Waals surface area contributed by atoms with Gasteiger partial charge in [0.2, 0.25) is 0 Å². The molecule has 1 N–H and O–H groups in total. The van der Waals surface area contributed by atoms with Crippen molar-refractivity contribution in [2.75, 3.05) is 0 Å². The predicted molar refractivity (Wildman–Crippen MR) is 69.4 cm³/mol. The Morgan fingerprint density at radius 2 is 1.87 bits per heavy atom. The highest BCUT2D eigenvalue weighted by Gasteiger charge is 2.07. The molecule has 0 aliphatic rings. The smallest absolute Gasteiger partial charge is 0.262 e. The third-order valence-corrected chi connectivity index (χ3v) is 4.12. The number of hydrogen-bond donors (Lipinski definition) is 1. The van der Waals surface area contributed by atoms with E-state index < -0.39 is 0 Å². The zero-order valence-electron chi connectivity index (χ0n) is 8.32. The summed E-state index contributed by atoms with van der Waals surface area (Å²) < 4.78 is 1.52. The second-order valence-electron chi connectivity index (χ2n) is 3.54. The standard InChI is InChI=1S/C11H9Br2NO/c1-5-3-7-4-8(12)11(15)14-10(7)9(13)6(5)2/h3-4H,1-2H3,(H,14,15). The van der Waals surface area contributed by atoms with Crippen LogP contribution in [0.25, 0.3) is 10.9 Å². The molecule has 0 aliphatic carbocycles. The quantitative estimate of drug-likeness (QED) is 0.785. The molecular weight excluding hydrogens is 322 g/mol. The van der Waals surface area contributed by atoms with E-state index in [4.69, 9.17) is 0 Å². The zero-order valence-corrected chi connectivity index (χ0v) is 11.5. The summed E-state index contributed by atoms with van der Waals surface area (Å²) >= 11 is 6.73. The lowest BCUT2D eigenvalue weighted by molar-refractivity contribution is 1.25. The van der Waals surface area contributed by atoms with Gasteiger partial charge < -0.3 is 4.98 Å². The Balaban J connectivity index is 3.00. The number of aromatic amines is 1. The number of benzene rings is 1.